The van der Waals surface area contributed by atoms with Gasteiger partial charge in [-0.05, 0) is 38.1 Å². The summed E-state index contributed by atoms with van der Waals surface area (Å²) in [6.07, 6.45) is 1.53. The molecule has 1 heterocycles. The van der Waals surface area contributed by atoms with E-state index in [-0.39, 0.29) is 30.2 Å². The van der Waals surface area contributed by atoms with Crippen molar-refractivity contribution in [3.05, 3.63) is 54.0 Å². The number of ether oxygens (including phenoxy) is 1. The summed E-state index contributed by atoms with van der Waals surface area (Å²) in [6.45, 7) is 3.69. The first-order valence-corrected chi connectivity index (χ1v) is 9.80. The van der Waals surface area contributed by atoms with Gasteiger partial charge < -0.3 is 19.4 Å². The average Bonchev–Trinajstić information content (AvgIpc) is 3.16. The van der Waals surface area contributed by atoms with Gasteiger partial charge >= 0.3 is 5.97 Å². The van der Waals surface area contributed by atoms with Crippen LogP contribution in [0.5, 0.6) is 0 Å². The Hall–Kier alpha value is -2.74. The van der Waals surface area contributed by atoms with Gasteiger partial charge in [0.25, 0.3) is 5.91 Å². The van der Waals surface area contributed by atoms with Crippen LogP contribution >= 0.6 is 11.8 Å². The number of furan rings is 1. The third-order valence-electron chi connectivity index (χ3n) is 3.64. The molecular formula is C20H24N2O5S. The topological polar surface area (TPSA) is 88.8 Å². The zero-order valence-corrected chi connectivity index (χ0v) is 17.0. The molecule has 0 aliphatic heterocycles. The van der Waals surface area contributed by atoms with Crippen LogP contribution in [0.3, 0.4) is 0 Å². The Morgan fingerprint density at radius 2 is 1.93 bits per heavy atom. The van der Waals surface area contributed by atoms with Gasteiger partial charge in [-0.3, -0.25) is 9.59 Å². The summed E-state index contributed by atoms with van der Waals surface area (Å²) in [5.74, 6) is -0.229. The second-order valence-electron chi connectivity index (χ2n) is 6.41. The molecule has 0 aliphatic rings. The second-order valence-corrected chi connectivity index (χ2v) is 7.43. The SMILES string of the molecule is CC(C)NC(=O)CSc1ccccc1C(=O)OCC(=O)N(C)Cc1ccco1. The number of hydrogen-bond acceptors (Lipinski definition) is 6. The maximum Gasteiger partial charge on any atom is 0.339 e. The third kappa shape index (κ3) is 6.77. The number of nitrogens with one attached hydrogen (secondary N) is 1. The number of hydrogen-bond donors (Lipinski definition) is 1. The van der Waals surface area contributed by atoms with Crippen LogP contribution in [0.1, 0.15) is 30.0 Å². The van der Waals surface area contributed by atoms with Crippen molar-refractivity contribution in [1.82, 2.24) is 10.2 Å². The number of benzene rings is 1. The van der Waals surface area contributed by atoms with E-state index in [4.69, 9.17) is 9.15 Å². The first-order chi connectivity index (χ1) is 13.4. The molecule has 0 unspecified atom stereocenters. The molecule has 1 N–H and O–H groups in total. The van der Waals surface area contributed by atoms with Crippen molar-refractivity contribution in [3.63, 3.8) is 0 Å². The average molecular weight is 404 g/mol. The highest BCUT2D eigenvalue weighted by molar-refractivity contribution is 8.00. The van der Waals surface area contributed by atoms with Crippen LogP contribution in [0.15, 0.2) is 52.0 Å². The van der Waals surface area contributed by atoms with Crippen molar-refractivity contribution in [2.24, 2.45) is 0 Å². The van der Waals surface area contributed by atoms with E-state index in [1.807, 2.05) is 13.8 Å². The number of nitrogens with zero attached hydrogens (tertiary/aromatic N) is 1. The number of carbonyl (C=O) groups excluding carboxylic acids is 3. The van der Waals surface area contributed by atoms with E-state index < -0.39 is 5.97 Å². The smallest absolute Gasteiger partial charge is 0.339 e. The lowest BCUT2D eigenvalue weighted by Gasteiger charge is -2.16. The third-order valence-corrected chi connectivity index (χ3v) is 4.71. The molecule has 0 radical (unpaired) electrons. The Morgan fingerprint density at radius 3 is 2.61 bits per heavy atom. The van der Waals surface area contributed by atoms with Crippen LogP contribution in [0.25, 0.3) is 0 Å². The predicted molar refractivity (Wildman–Crippen MR) is 106 cm³/mol. The molecule has 28 heavy (non-hydrogen) atoms. The second kappa shape index (κ2) is 10.6. The largest absolute Gasteiger partial charge is 0.467 e. The minimum absolute atomic E-state index is 0.0532. The van der Waals surface area contributed by atoms with Gasteiger partial charge in [0.05, 0.1) is 24.1 Å². The molecular weight excluding hydrogens is 380 g/mol. The first kappa shape index (κ1) is 21.6. The van der Waals surface area contributed by atoms with Gasteiger partial charge in [-0.2, -0.15) is 0 Å². The molecule has 0 saturated heterocycles. The molecule has 0 spiro atoms. The van der Waals surface area contributed by atoms with Crippen molar-refractivity contribution in [2.75, 3.05) is 19.4 Å². The Kier molecular flexibility index (Phi) is 8.13. The van der Waals surface area contributed by atoms with E-state index in [0.717, 1.165) is 0 Å². The van der Waals surface area contributed by atoms with E-state index in [0.29, 0.717) is 22.8 Å². The Morgan fingerprint density at radius 1 is 1.18 bits per heavy atom. The van der Waals surface area contributed by atoms with Gasteiger partial charge in [0.15, 0.2) is 6.61 Å². The molecule has 2 rings (SSSR count). The highest BCUT2D eigenvalue weighted by Crippen LogP contribution is 2.23. The molecule has 150 valence electrons. The Labute approximate surface area is 168 Å². The van der Waals surface area contributed by atoms with E-state index in [1.54, 1.807) is 43.4 Å². The minimum atomic E-state index is -0.605. The Bertz CT molecular complexity index is 805. The van der Waals surface area contributed by atoms with Gasteiger partial charge in [-0.25, -0.2) is 4.79 Å². The van der Waals surface area contributed by atoms with Gasteiger partial charge in [-0.1, -0.05) is 12.1 Å². The van der Waals surface area contributed by atoms with Crippen molar-refractivity contribution in [1.29, 1.82) is 0 Å². The fourth-order valence-corrected chi connectivity index (χ4v) is 3.16. The van der Waals surface area contributed by atoms with Crippen LogP contribution in [0.2, 0.25) is 0 Å². The fraction of sp³-hybridized carbons (Fsp3) is 0.350. The molecule has 1 aromatic heterocycles. The molecule has 2 amide bonds. The molecule has 0 fully saturated rings. The quantitative estimate of drug-likeness (QED) is 0.511. The molecule has 2 aromatic rings. The van der Waals surface area contributed by atoms with Crippen LogP contribution in [-0.2, 0) is 20.9 Å². The number of rotatable bonds is 9. The van der Waals surface area contributed by atoms with Gasteiger partial charge in [0.1, 0.15) is 5.76 Å². The van der Waals surface area contributed by atoms with Crippen molar-refractivity contribution >= 4 is 29.5 Å². The summed E-state index contributed by atoms with van der Waals surface area (Å²) in [5, 5.41) is 2.80. The van der Waals surface area contributed by atoms with E-state index in [2.05, 4.69) is 5.32 Å². The number of amides is 2. The highest BCUT2D eigenvalue weighted by Gasteiger charge is 2.17. The Balaban J connectivity index is 1.89. The number of thioether (sulfide) groups is 1. The molecule has 8 heteroatoms. The van der Waals surface area contributed by atoms with Crippen molar-refractivity contribution in [2.45, 2.75) is 31.3 Å². The zero-order chi connectivity index (χ0) is 20.5. The normalized spacial score (nSPS) is 10.6. The summed E-state index contributed by atoms with van der Waals surface area (Å²) in [4.78, 5) is 38.4. The lowest BCUT2D eigenvalue weighted by atomic mass is 10.2. The van der Waals surface area contributed by atoms with Crippen molar-refractivity contribution in [3.8, 4) is 0 Å². The standard InChI is InChI=1S/C20H24N2O5S/c1-14(2)21-18(23)13-28-17-9-5-4-8-16(17)20(25)27-12-19(24)22(3)11-15-7-6-10-26-15/h4-10,14H,11-13H2,1-3H3,(H,21,23). The van der Waals surface area contributed by atoms with Crippen LogP contribution < -0.4 is 5.32 Å². The van der Waals surface area contributed by atoms with Gasteiger partial charge in [0, 0.05) is 18.0 Å². The minimum Gasteiger partial charge on any atom is -0.467 e. The summed E-state index contributed by atoms with van der Waals surface area (Å²) in [5.41, 5.74) is 0.325. The first-order valence-electron chi connectivity index (χ1n) is 8.81. The lowest BCUT2D eigenvalue weighted by molar-refractivity contribution is -0.134. The lowest BCUT2D eigenvalue weighted by Crippen LogP contribution is -2.31. The van der Waals surface area contributed by atoms with Gasteiger partial charge in [-0.15, -0.1) is 11.8 Å². The maximum absolute atomic E-state index is 12.4. The molecule has 7 nitrogen and oxygen atoms in total. The fourth-order valence-electron chi connectivity index (χ4n) is 2.31. The summed E-state index contributed by atoms with van der Waals surface area (Å²) in [7, 11) is 1.61. The molecule has 0 aliphatic carbocycles. The van der Waals surface area contributed by atoms with Crippen LogP contribution in [0.4, 0.5) is 0 Å². The maximum atomic E-state index is 12.4. The van der Waals surface area contributed by atoms with Gasteiger partial charge in [0.2, 0.25) is 5.91 Å². The monoisotopic (exact) mass is 404 g/mol. The van der Waals surface area contributed by atoms with E-state index >= 15 is 0 Å². The number of likely N-dealkylation sites (N-methyl/N-ethyl adjacent to an activating group) is 1. The van der Waals surface area contributed by atoms with E-state index in [1.165, 1.54) is 22.9 Å². The van der Waals surface area contributed by atoms with Crippen molar-refractivity contribution < 1.29 is 23.5 Å². The highest BCUT2D eigenvalue weighted by atomic mass is 32.2. The molecule has 0 saturated carbocycles. The summed E-state index contributed by atoms with van der Waals surface area (Å²) in [6, 6.07) is 10.4. The van der Waals surface area contributed by atoms with Crippen LogP contribution in [0, 0.1) is 0 Å². The molecule has 0 atom stereocenters. The van der Waals surface area contributed by atoms with Crippen LogP contribution in [-0.4, -0.2) is 48.1 Å². The zero-order valence-electron chi connectivity index (χ0n) is 16.1. The summed E-state index contributed by atoms with van der Waals surface area (Å²) < 4.78 is 10.4. The predicted octanol–water partition coefficient (Wildman–Crippen LogP) is 2.71. The van der Waals surface area contributed by atoms with E-state index in [9.17, 15) is 14.4 Å². The molecule has 1 aromatic carbocycles. The summed E-state index contributed by atoms with van der Waals surface area (Å²) >= 11 is 1.25. The number of carbonyl (C=O) groups is 3. The number of esters is 1. The molecule has 0 bridgehead atoms.